The molecule has 0 unspecified atom stereocenters. The maximum Gasteiger partial charge on any atom is 0.175 e. The monoisotopic (exact) mass is 261 g/mol. The van der Waals surface area contributed by atoms with Gasteiger partial charge in [-0.05, 0) is 12.1 Å². The smallest absolute Gasteiger partial charge is 0.175 e. The molecule has 102 valence electrons. The third-order valence-electron chi connectivity index (χ3n) is 3.65. The lowest BCUT2D eigenvalue weighted by Crippen LogP contribution is -2.47. The Hall–Kier alpha value is -1.79. The zero-order chi connectivity index (χ0) is 13.2. The molecule has 6 nitrogen and oxygen atoms in total. The number of piperazine rings is 1. The van der Waals surface area contributed by atoms with Gasteiger partial charge in [-0.3, -0.25) is 4.90 Å². The van der Waals surface area contributed by atoms with Crippen LogP contribution < -0.4 is 10.6 Å². The number of aliphatic hydroxyl groups excluding tert-OH is 1. The highest BCUT2D eigenvalue weighted by Gasteiger charge is 2.21. The van der Waals surface area contributed by atoms with Gasteiger partial charge in [0.2, 0.25) is 0 Å². The average molecular weight is 261 g/mol. The second-order valence-corrected chi connectivity index (χ2v) is 4.82. The minimum absolute atomic E-state index is 0.219. The van der Waals surface area contributed by atoms with E-state index in [9.17, 15) is 0 Å². The molecule has 0 amide bonds. The Morgan fingerprint density at radius 1 is 1.21 bits per heavy atom. The van der Waals surface area contributed by atoms with E-state index in [0.717, 1.165) is 49.7 Å². The van der Waals surface area contributed by atoms with Crippen molar-refractivity contribution in [2.24, 2.45) is 0 Å². The fourth-order valence-corrected chi connectivity index (χ4v) is 2.56. The molecular weight excluding hydrogens is 242 g/mol. The van der Waals surface area contributed by atoms with Gasteiger partial charge in [0.1, 0.15) is 5.69 Å². The van der Waals surface area contributed by atoms with Gasteiger partial charge in [-0.25, -0.2) is 4.52 Å². The number of anilines is 2. The standard InChI is InChI=1S/C13H19N5O/c14-12-11-3-1-2-4-18(11)15-13(12)17-7-5-16(6-8-17)9-10-19/h1-4,19H,5-10,14H2. The van der Waals surface area contributed by atoms with Crippen LogP contribution in [0.5, 0.6) is 0 Å². The van der Waals surface area contributed by atoms with Crippen LogP contribution in [0, 0.1) is 0 Å². The molecule has 3 heterocycles. The number of nitrogens with two attached hydrogens (primary N) is 1. The quantitative estimate of drug-likeness (QED) is 0.816. The zero-order valence-corrected chi connectivity index (χ0v) is 10.9. The predicted molar refractivity (Wildman–Crippen MR) is 75.3 cm³/mol. The molecule has 0 spiro atoms. The Bertz CT molecular complexity index is 559. The van der Waals surface area contributed by atoms with E-state index in [-0.39, 0.29) is 6.61 Å². The van der Waals surface area contributed by atoms with E-state index in [4.69, 9.17) is 10.8 Å². The van der Waals surface area contributed by atoms with Crippen LogP contribution in [0.25, 0.3) is 5.52 Å². The van der Waals surface area contributed by atoms with Crippen LogP contribution in [0.2, 0.25) is 0 Å². The molecule has 1 saturated heterocycles. The molecule has 3 rings (SSSR count). The molecule has 2 aromatic rings. The molecule has 0 bridgehead atoms. The fraction of sp³-hybridized carbons (Fsp3) is 0.462. The van der Waals surface area contributed by atoms with Crippen molar-refractivity contribution in [3.63, 3.8) is 0 Å². The molecule has 19 heavy (non-hydrogen) atoms. The molecule has 0 saturated carbocycles. The summed E-state index contributed by atoms with van der Waals surface area (Å²) in [6, 6.07) is 5.90. The summed E-state index contributed by atoms with van der Waals surface area (Å²) in [6.45, 7) is 4.63. The maximum atomic E-state index is 8.95. The van der Waals surface area contributed by atoms with Crippen LogP contribution >= 0.6 is 0 Å². The molecule has 6 heteroatoms. The first-order chi connectivity index (χ1) is 9.29. The molecule has 0 aromatic carbocycles. The van der Waals surface area contributed by atoms with E-state index >= 15 is 0 Å². The Morgan fingerprint density at radius 3 is 2.68 bits per heavy atom. The molecule has 0 aliphatic carbocycles. The largest absolute Gasteiger partial charge is 0.395 e. The molecule has 0 radical (unpaired) electrons. The summed E-state index contributed by atoms with van der Waals surface area (Å²) >= 11 is 0. The second kappa shape index (κ2) is 5.07. The van der Waals surface area contributed by atoms with Crippen molar-refractivity contribution in [2.45, 2.75) is 0 Å². The van der Waals surface area contributed by atoms with Gasteiger partial charge in [-0.2, -0.15) is 0 Å². The lowest BCUT2D eigenvalue weighted by Gasteiger charge is -2.34. The number of nitrogens with zero attached hydrogens (tertiary/aromatic N) is 4. The van der Waals surface area contributed by atoms with Gasteiger partial charge in [-0.15, -0.1) is 5.10 Å². The number of hydrogen-bond donors (Lipinski definition) is 2. The molecule has 1 aliphatic rings. The van der Waals surface area contributed by atoms with Gasteiger partial charge in [0.15, 0.2) is 5.82 Å². The highest BCUT2D eigenvalue weighted by molar-refractivity contribution is 5.81. The average Bonchev–Trinajstić information content (AvgIpc) is 2.78. The molecule has 0 atom stereocenters. The second-order valence-electron chi connectivity index (χ2n) is 4.82. The summed E-state index contributed by atoms with van der Waals surface area (Å²) < 4.78 is 1.82. The summed E-state index contributed by atoms with van der Waals surface area (Å²) in [6.07, 6.45) is 1.91. The molecule has 2 aromatic heterocycles. The van der Waals surface area contributed by atoms with Gasteiger partial charge in [0, 0.05) is 38.9 Å². The number of nitrogen functional groups attached to an aromatic ring is 1. The summed E-state index contributed by atoms with van der Waals surface area (Å²) in [7, 11) is 0. The normalized spacial score (nSPS) is 17.2. The highest BCUT2D eigenvalue weighted by atomic mass is 16.3. The van der Waals surface area contributed by atoms with Crippen LogP contribution in [-0.2, 0) is 0 Å². The number of rotatable bonds is 3. The third kappa shape index (κ3) is 2.24. The minimum Gasteiger partial charge on any atom is -0.395 e. The summed E-state index contributed by atoms with van der Waals surface area (Å²) in [5, 5.41) is 13.5. The van der Waals surface area contributed by atoms with Crippen molar-refractivity contribution in [1.82, 2.24) is 14.5 Å². The van der Waals surface area contributed by atoms with Gasteiger partial charge in [0.05, 0.1) is 12.1 Å². The summed E-state index contributed by atoms with van der Waals surface area (Å²) in [4.78, 5) is 4.47. The van der Waals surface area contributed by atoms with Crippen LogP contribution in [0.4, 0.5) is 11.5 Å². The molecule has 1 fully saturated rings. The number of fused-ring (bicyclic) bond motifs is 1. The number of aromatic nitrogens is 2. The van der Waals surface area contributed by atoms with Gasteiger partial charge in [0.25, 0.3) is 0 Å². The van der Waals surface area contributed by atoms with E-state index in [2.05, 4.69) is 14.9 Å². The van der Waals surface area contributed by atoms with Crippen LogP contribution in [0.3, 0.4) is 0 Å². The van der Waals surface area contributed by atoms with Crippen LogP contribution in [0.15, 0.2) is 24.4 Å². The summed E-state index contributed by atoms with van der Waals surface area (Å²) in [5.74, 6) is 0.870. The van der Waals surface area contributed by atoms with E-state index in [1.165, 1.54) is 0 Å². The number of β-amino-alcohol motifs (C(OH)–C–C–N with tert-alkyl or cyclic N) is 1. The minimum atomic E-state index is 0.219. The lowest BCUT2D eigenvalue weighted by atomic mass is 10.3. The van der Waals surface area contributed by atoms with E-state index in [0.29, 0.717) is 0 Å². The van der Waals surface area contributed by atoms with Crippen molar-refractivity contribution < 1.29 is 5.11 Å². The summed E-state index contributed by atoms with van der Waals surface area (Å²) in [5.41, 5.74) is 7.88. The molecule has 1 aliphatic heterocycles. The first-order valence-electron chi connectivity index (χ1n) is 6.60. The third-order valence-corrected chi connectivity index (χ3v) is 3.65. The first kappa shape index (κ1) is 12.3. The SMILES string of the molecule is Nc1c(N2CCN(CCO)CC2)nn2ccccc12. The van der Waals surface area contributed by atoms with Crippen molar-refractivity contribution >= 4 is 17.0 Å². The van der Waals surface area contributed by atoms with Crippen LogP contribution in [-0.4, -0.2) is 59.0 Å². The topological polar surface area (TPSA) is 70.0 Å². The van der Waals surface area contributed by atoms with Crippen molar-refractivity contribution in [3.05, 3.63) is 24.4 Å². The molecular formula is C13H19N5O. The Kier molecular flexibility index (Phi) is 3.27. The lowest BCUT2D eigenvalue weighted by molar-refractivity contribution is 0.188. The van der Waals surface area contributed by atoms with E-state index < -0.39 is 0 Å². The Balaban J connectivity index is 1.80. The van der Waals surface area contributed by atoms with E-state index in [1.807, 2.05) is 28.9 Å². The predicted octanol–water partition coefficient (Wildman–Crippen LogP) is 0.0308. The van der Waals surface area contributed by atoms with Crippen molar-refractivity contribution in [3.8, 4) is 0 Å². The van der Waals surface area contributed by atoms with Crippen molar-refractivity contribution in [1.29, 1.82) is 0 Å². The Labute approximate surface area is 112 Å². The van der Waals surface area contributed by atoms with Gasteiger partial charge < -0.3 is 15.7 Å². The maximum absolute atomic E-state index is 8.95. The van der Waals surface area contributed by atoms with Crippen molar-refractivity contribution in [2.75, 3.05) is 50.0 Å². The highest BCUT2D eigenvalue weighted by Crippen LogP contribution is 2.26. The fourth-order valence-electron chi connectivity index (χ4n) is 2.56. The number of pyridine rings is 1. The first-order valence-corrected chi connectivity index (χ1v) is 6.60. The van der Waals surface area contributed by atoms with Gasteiger partial charge in [-0.1, -0.05) is 6.07 Å². The molecule has 3 N–H and O–H groups in total. The van der Waals surface area contributed by atoms with Crippen LogP contribution in [0.1, 0.15) is 0 Å². The Morgan fingerprint density at radius 2 is 2.00 bits per heavy atom. The van der Waals surface area contributed by atoms with Gasteiger partial charge >= 0.3 is 0 Å². The van der Waals surface area contributed by atoms with E-state index in [1.54, 1.807) is 0 Å². The number of hydrogen-bond acceptors (Lipinski definition) is 5. The zero-order valence-electron chi connectivity index (χ0n) is 10.9. The number of aliphatic hydroxyl groups is 1.